The van der Waals surface area contributed by atoms with Crippen LogP contribution in [0.1, 0.15) is 15.9 Å². The van der Waals surface area contributed by atoms with Gasteiger partial charge in [-0.3, -0.25) is 9.59 Å². The molecule has 1 amide bonds. The van der Waals surface area contributed by atoms with Gasteiger partial charge < -0.3 is 19.8 Å². The molecule has 6 nitrogen and oxygen atoms in total. The van der Waals surface area contributed by atoms with Crippen molar-refractivity contribution < 1.29 is 18.7 Å². The molecule has 0 fully saturated rings. The Labute approximate surface area is 153 Å². The second-order valence-corrected chi connectivity index (χ2v) is 6.22. The number of hydrogen-bond donors (Lipinski definition) is 2. The van der Waals surface area contributed by atoms with Gasteiger partial charge in [-0.15, -0.1) is 0 Å². The van der Waals surface area contributed by atoms with Crippen LogP contribution in [0.2, 0.25) is 0 Å². The maximum absolute atomic E-state index is 13.2. The van der Waals surface area contributed by atoms with E-state index in [0.717, 1.165) is 5.39 Å². The molecule has 27 heavy (non-hydrogen) atoms. The van der Waals surface area contributed by atoms with Crippen molar-refractivity contribution in [1.29, 1.82) is 0 Å². The number of carbonyl (C=O) groups is 1. The molecule has 2 heterocycles. The van der Waals surface area contributed by atoms with Crippen LogP contribution >= 0.6 is 0 Å². The molecule has 0 aliphatic carbocycles. The van der Waals surface area contributed by atoms with Crippen LogP contribution in [0.25, 0.3) is 10.9 Å². The van der Waals surface area contributed by atoms with Crippen molar-refractivity contribution in [3.63, 3.8) is 0 Å². The summed E-state index contributed by atoms with van der Waals surface area (Å²) in [7, 11) is 0. The zero-order valence-electron chi connectivity index (χ0n) is 14.4. The fraction of sp³-hybridized carbons (Fsp3) is 0.200. The van der Waals surface area contributed by atoms with Gasteiger partial charge >= 0.3 is 0 Å². The number of amides is 1. The van der Waals surface area contributed by atoms with E-state index >= 15 is 0 Å². The first-order valence-corrected chi connectivity index (χ1v) is 8.59. The minimum atomic E-state index is -0.469. The number of rotatable bonds is 4. The van der Waals surface area contributed by atoms with Gasteiger partial charge in [-0.25, -0.2) is 4.39 Å². The van der Waals surface area contributed by atoms with E-state index < -0.39 is 5.82 Å². The Morgan fingerprint density at radius 1 is 1.11 bits per heavy atom. The SMILES string of the molecule is O=C(NCCc1cc2cc3c(cc2[nH]c1=O)OCCO3)c1cccc(F)c1. The van der Waals surface area contributed by atoms with Gasteiger partial charge in [-0.1, -0.05) is 6.07 Å². The predicted octanol–water partition coefficient (Wildman–Crippen LogP) is 2.41. The van der Waals surface area contributed by atoms with Crippen molar-refractivity contribution in [3.05, 3.63) is 69.8 Å². The summed E-state index contributed by atoms with van der Waals surface area (Å²) in [5.74, 6) is 0.403. The first-order chi connectivity index (χ1) is 13.1. The van der Waals surface area contributed by atoms with Gasteiger partial charge in [0.25, 0.3) is 11.5 Å². The zero-order valence-corrected chi connectivity index (χ0v) is 14.4. The Morgan fingerprint density at radius 3 is 2.67 bits per heavy atom. The number of fused-ring (bicyclic) bond motifs is 2. The Bertz CT molecular complexity index is 1080. The molecule has 0 atom stereocenters. The topological polar surface area (TPSA) is 80.4 Å². The maximum atomic E-state index is 13.2. The minimum absolute atomic E-state index is 0.223. The molecule has 0 bridgehead atoms. The number of H-pyrrole nitrogens is 1. The van der Waals surface area contributed by atoms with E-state index in [1.54, 1.807) is 12.1 Å². The molecule has 1 aliphatic heterocycles. The van der Waals surface area contributed by atoms with Crippen LogP contribution in [0, 0.1) is 5.82 Å². The molecular formula is C20H17FN2O4. The normalized spacial score (nSPS) is 12.8. The maximum Gasteiger partial charge on any atom is 0.251 e. The van der Waals surface area contributed by atoms with Gasteiger partial charge in [0.15, 0.2) is 11.5 Å². The quantitative estimate of drug-likeness (QED) is 0.741. The van der Waals surface area contributed by atoms with E-state index in [9.17, 15) is 14.0 Å². The van der Waals surface area contributed by atoms with Crippen molar-refractivity contribution in [2.45, 2.75) is 6.42 Å². The molecule has 0 saturated heterocycles. The van der Waals surface area contributed by atoms with Crippen molar-refractivity contribution in [2.75, 3.05) is 19.8 Å². The molecule has 0 saturated carbocycles. The number of hydrogen-bond acceptors (Lipinski definition) is 4. The molecule has 0 spiro atoms. The molecule has 0 unspecified atom stereocenters. The lowest BCUT2D eigenvalue weighted by Gasteiger charge is -2.18. The van der Waals surface area contributed by atoms with Crippen LogP contribution in [0.15, 0.2) is 47.3 Å². The summed E-state index contributed by atoms with van der Waals surface area (Å²) in [5, 5.41) is 3.52. The standard InChI is InChI=1S/C20H17FN2O4/c21-15-3-1-2-12(9-15)19(24)22-5-4-13-8-14-10-17-18(27-7-6-26-17)11-16(14)23-20(13)25/h1-3,8-11H,4-7H2,(H,22,24)(H,23,25). The fourth-order valence-corrected chi connectivity index (χ4v) is 3.02. The Hall–Kier alpha value is -3.35. The van der Waals surface area contributed by atoms with E-state index in [-0.39, 0.29) is 23.6 Å². The third-order valence-electron chi connectivity index (χ3n) is 4.35. The lowest BCUT2D eigenvalue weighted by Crippen LogP contribution is -2.27. The van der Waals surface area contributed by atoms with Gasteiger partial charge in [0, 0.05) is 29.1 Å². The molecule has 0 radical (unpaired) electrons. The van der Waals surface area contributed by atoms with Crippen molar-refractivity contribution >= 4 is 16.8 Å². The number of halogens is 1. The molecule has 7 heteroatoms. The van der Waals surface area contributed by atoms with Gasteiger partial charge in [0.2, 0.25) is 0 Å². The number of benzene rings is 2. The first kappa shape index (κ1) is 17.1. The summed E-state index contributed by atoms with van der Waals surface area (Å²) < 4.78 is 24.3. The summed E-state index contributed by atoms with van der Waals surface area (Å²) in [6.45, 7) is 1.22. The molecule has 1 aliphatic rings. The monoisotopic (exact) mass is 368 g/mol. The van der Waals surface area contributed by atoms with Crippen LogP contribution in [-0.4, -0.2) is 30.6 Å². The van der Waals surface area contributed by atoms with E-state index in [1.807, 2.05) is 6.07 Å². The largest absolute Gasteiger partial charge is 0.486 e. The van der Waals surface area contributed by atoms with E-state index in [4.69, 9.17) is 9.47 Å². The Kier molecular flexibility index (Phi) is 4.50. The highest BCUT2D eigenvalue weighted by Gasteiger charge is 2.14. The minimum Gasteiger partial charge on any atom is -0.486 e. The molecule has 138 valence electrons. The fourth-order valence-electron chi connectivity index (χ4n) is 3.02. The average Bonchev–Trinajstić information content (AvgIpc) is 2.67. The molecule has 2 aromatic carbocycles. The number of aromatic amines is 1. The highest BCUT2D eigenvalue weighted by molar-refractivity contribution is 5.94. The van der Waals surface area contributed by atoms with Crippen LogP contribution in [-0.2, 0) is 6.42 Å². The van der Waals surface area contributed by atoms with Crippen LogP contribution in [0.3, 0.4) is 0 Å². The number of ether oxygens (including phenoxy) is 2. The third kappa shape index (κ3) is 3.62. The first-order valence-electron chi connectivity index (χ1n) is 8.59. The number of carbonyl (C=O) groups excluding carboxylic acids is 1. The second kappa shape index (κ2) is 7.11. The van der Waals surface area contributed by atoms with Gasteiger partial charge in [0.05, 0.1) is 5.52 Å². The van der Waals surface area contributed by atoms with Crippen molar-refractivity contribution in [3.8, 4) is 11.5 Å². The predicted molar refractivity (Wildman–Crippen MR) is 98.0 cm³/mol. The Balaban J connectivity index is 1.49. The summed E-state index contributed by atoms with van der Waals surface area (Å²) in [5.41, 5.74) is 1.22. The van der Waals surface area contributed by atoms with Gasteiger partial charge in [-0.05, 0) is 36.8 Å². The molecular weight excluding hydrogens is 351 g/mol. The van der Waals surface area contributed by atoms with Gasteiger partial charge in [0.1, 0.15) is 19.0 Å². The van der Waals surface area contributed by atoms with Gasteiger partial charge in [-0.2, -0.15) is 0 Å². The van der Waals surface area contributed by atoms with E-state index in [0.29, 0.717) is 42.2 Å². The highest BCUT2D eigenvalue weighted by atomic mass is 19.1. The van der Waals surface area contributed by atoms with E-state index in [1.165, 1.54) is 24.3 Å². The summed E-state index contributed by atoms with van der Waals surface area (Å²) in [6, 6.07) is 10.8. The summed E-state index contributed by atoms with van der Waals surface area (Å²) >= 11 is 0. The third-order valence-corrected chi connectivity index (χ3v) is 4.35. The lowest BCUT2D eigenvalue weighted by atomic mass is 10.1. The molecule has 2 N–H and O–H groups in total. The lowest BCUT2D eigenvalue weighted by molar-refractivity contribution is 0.0953. The number of pyridine rings is 1. The molecule has 3 aromatic rings. The molecule has 4 rings (SSSR count). The van der Waals surface area contributed by atoms with Crippen LogP contribution in [0.5, 0.6) is 11.5 Å². The van der Waals surface area contributed by atoms with Crippen LogP contribution < -0.4 is 20.3 Å². The second-order valence-electron chi connectivity index (χ2n) is 6.22. The van der Waals surface area contributed by atoms with E-state index in [2.05, 4.69) is 10.3 Å². The summed E-state index contributed by atoms with van der Waals surface area (Å²) in [4.78, 5) is 27.2. The highest BCUT2D eigenvalue weighted by Crippen LogP contribution is 2.33. The summed E-state index contributed by atoms with van der Waals surface area (Å²) in [6.07, 6.45) is 0.348. The number of nitrogens with one attached hydrogen (secondary N) is 2. The smallest absolute Gasteiger partial charge is 0.251 e. The van der Waals surface area contributed by atoms with Crippen molar-refractivity contribution in [2.24, 2.45) is 0 Å². The van der Waals surface area contributed by atoms with Crippen molar-refractivity contribution in [1.82, 2.24) is 10.3 Å². The zero-order chi connectivity index (χ0) is 18.8. The Morgan fingerprint density at radius 2 is 1.89 bits per heavy atom. The van der Waals surface area contributed by atoms with Crippen LogP contribution in [0.4, 0.5) is 4.39 Å². The average molecular weight is 368 g/mol. The number of aromatic nitrogens is 1. The molecule has 1 aromatic heterocycles.